The van der Waals surface area contributed by atoms with Gasteiger partial charge in [-0.15, -0.1) is 0 Å². The average Bonchev–Trinajstić information content (AvgIpc) is 3.51. The maximum atomic E-state index is 6.20. The van der Waals surface area contributed by atoms with Crippen LogP contribution in [-0.4, -0.2) is 49.8 Å². The number of pyridine rings is 1. The van der Waals surface area contributed by atoms with E-state index in [4.69, 9.17) is 14.5 Å². The largest absolute Gasteiger partial charge is 0.493 e. The Bertz CT molecular complexity index is 917. The Morgan fingerprint density at radius 1 is 1.00 bits per heavy atom. The lowest BCUT2D eigenvalue weighted by molar-refractivity contribution is 0.254. The van der Waals surface area contributed by atoms with Crippen molar-refractivity contribution in [1.82, 2.24) is 9.88 Å². The number of likely N-dealkylation sites (tertiary alicyclic amines) is 1. The zero-order valence-corrected chi connectivity index (χ0v) is 19.8. The summed E-state index contributed by atoms with van der Waals surface area (Å²) in [4.78, 5) is 7.59. The van der Waals surface area contributed by atoms with Crippen LogP contribution in [0.2, 0.25) is 0 Å². The molecule has 0 bridgehead atoms. The molecule has 2 aliphatic carbocycles. The number of methoxy groups -OCH3 is 1. The molecule has 0 radical (unpaired) electrons. The Kier molecular flexibility index (Phi) is 7.01. The molecule has 32 heavy (non-hydrogen) atoms. The lowest BCUT2D eigenvalue weighted by atomic mass is 9.89. The SMILES string of the molecule is COc1cc2c(NCC3CCCCC3)c3c(nc2cc1OCCCN1CCCC1)CCC3. The topological polar surface area (TPSA) is 46.6 Å². The molecule has 5 heteroatoms. The van der Waals surface area contributed by atoms with E-state index in [1.165, 1.54) is 86.8 Å². The molecule has 5 nitrogen and oxygen atoms in total. The van der Waals surface area contributed by atoms with E-state index in [9.17, 15) is 0 Å². The first kappa shape index (κ1) is 21.8. The monoisotopic (exact) mass is 437 g/mol. The van der Waals surface area contributed by atoms with Gasteiger partial charge in [0.1, 0.15) is 0 Å². The molecule has 0 spiro atoms. The second kappa shape index (κ2) is 10.3. The lowest BCUT2D eigenvalue weighted by Gasteiger charge is -2.24. The predicted octanol–water partition coefficient (Wildman–Crippen LogP) is 5.59. The molecule has 1 aliphatic heterocycles. The molecule has 1 aromatic heterocycles. The first-order valence-electron chi connectivity index (χ1n) is 12.9. The third-order valence-electron chi connectivity index (χ3n) is 7.66. The molecular weight excluding hydrogens is 398 g/mol. The summed E-state index contributed by atoms with van der Waals surface area (Å²) in [6.45, 7) is 5.39. The third-order valence-corrected chi connectivity index (χ3v) is 7.66. The van der Waals surface area contributed by atoms with Gasteiger partial charge in [-0.25, -0.2) is 0 Å². The van der Waals surface area contributed by atoms with Gasteiger partial charge in [0.2, 0.25) is 0 Å². The van der Waals surface area contributed by atoms with Gasteiger partial charge in [0.25, 0.3) is 0 Å². The molecule has 1 saturated heterocycles. The summed E-state index contributed by atoms with van der Waals surface area (Å²) in [6.07, 6.45) is 14.0. The van der Waals surface area contributed by atoms with E-state index < -0.39 is 0 Å². The van der Waals surface area contributed by atoms with Gasteiger partial charge in [-0.05, 0) is 82.0 Å². The van der Waals surface area contributed by atoms with Crippen molar-refractivity contribution in [2.24, 2.45) is 5.92 Å². The second-order valence-corrected chi connectivity index (χ2v) is 9.92. The third kappa shape index (κ3) is 4.83. The summed E-state index contributed by atoms with van der Waals surface area (Å²) in [6, 6.07) is 4.26. The van der Waals surface area contributed by atoms with Gasteiger partial charge in [0.15, 0.2) is 11.5 Å². The van der Waals surface area contributed by atoms with Gasteiger partial charge in [0, 0.05) is 35.9 Å². The highest BCUT2D eigenvalue weighted by atomic mass is 16.5. The predicted molar refractivity (Wildman–Crippen MR) is 131 cm³/mol. The van der Waals surface area contributed by atoms with Crippen LogP contribution in [0.15, 0.2) is 12.1 Å². The van der Waals surface area contributed by atoms with E-state index in [2.05, 4.69) is 22.3 Å². The molecule has 0 amide bonds. The molecular formula is C27H39N3O2. The van der Waals surface area contributed by atoms with E-state index in [0.717, 1.165) is 61.9 Å². The summed E-state index contributed by atoms with van der Waals surface area (Å²) in [7, 11) is 1.74. The van der Waals surface area contributed by atoms with Crippen LogP contribution in [0.5, 0.6) is 11.5 Å². The summed E-state index contributed by atoms with van der Waals surface area (Å²) in [5, 5.41) is 5.05. The summed E-state index contributed by atoms with van der Waals surface area (Å²) in [5.74, 6) is 2.44. The zero-order chi connectivity index (χ0) is 21.8. The van der Waals surface area contributed by atoms with E-state index in [-0.39, 0.29) is 0 Å². The van der Waals surface area contributed by atoms with Crippen molar-refractivity contribution < 1.29 is 9.47 Å². The van der Waals surface area contributed by atoms with E-state index in [1.54, 1.807) is 7.11 Å². The van der Waals surface area contributed by atoms with Crippen molar-refractivity contribution in [3.8, 4) is 11.5 Å². The first-order valence-corrected chi connectivity index (χ1v) is 12.9. The maximum Gasteiger partial charge on any atom is 0.163 e. The molecule has 2 aromatic rings. The molecule has 1 N–H and O–H groups in total. The minimum absolute atomic E-state index is 0.718. The average molecular weight is 438 g/mol. The molecule has 5 rings (SSSR count). The van der Waals surface area contributed by atoms with Crippen LogP contribution in [-0.2, 0) is 12.8 Å². The fourth-order valence-corrected chi connectivity index (χ4v) is 5.86. The molecule has 0 atom stereocenters. The molecule has 1 saturated carbocycles. The van der Waals surface area contributed by atoms with Crippen molar-refractivity contribution in [2.45, 2.75) is 70.6 Å². The number of hydrogen-bond donors (Lipinski definition) is 1. The number of aromatic nitrogens is 1. The Labute approximate surface area is 192 Å². The standard InChI is InChI=1S/C27H39N3O2/c1-31-25-17-22-24(18-26(25)32-16-8-15-30-13-5-6-14-30)29-23-12-7-11-21(23)27(22)28-19-20-9-3-2-4-10-20/h17-18,20H,2-16,19H2,1H3,(H,28,29). The number of fused-ring (bicyclic) bond motifs is 2. The van der Waals surface area contributed by atoms with Crippen molar-refractivity contribution >= 4 is 16.6 Å². The van der Waals surface area contributed by atoms with Gasteiger partial charge in [-0.2, -0.15) is 0 Å². The Balaban J connectivity index is 1.35. The number of aryl methyl sites for hydroxylation is 1. The Morgan fingerprint density at radius 3 is 2.66 bits per heavy atom. The van der Waals surface area contributed by atoms with Crippen LogP contribution in [0.4, 0.5) is 5.69 Å². The Morgan fingerprint density at radius 2 is 1.84 bits per heavy atom. The van der Waals surface area contributed by atoms with Gasteiger partial charge >= 0.3 is 0 Å². The van der Waals surface area contributed by atoms with E-state index in [0.29, 0.717) is 0 Å². The number of hydrogen-bond acceptors (Lipinski definition) is 5. The first-order chi connectivity index (χ1) is 15.8. The van der Waals surface area contributed by atoms with Crippen molar-refractivity contribution in [2.75, 3.05) is 45.2 Å². The lowest BCUT2D eigenvalue weighted by Crippen LogP contribution is -2.22. The fourth-order valence-electron chi connectivity index (χ4n) is 5.86. The molecule has 1 aromatic carbocycles. The highest BCUT2D eigenvalue weighted by Gasteiger charge is 2.22. The number of ether oxygens (including phenoxy) is 2. The van der Waals surface area contributed by atoms with E-state index >= 15 is 0 Å². The van der Waals surface area contributed by atoms with Crippen molar-refractivity contribution in [3.05, 3.63) is 23.4 Å². The molecule has 0 unspecified atom stereocenters. The van der Waals surface area contributed by atoms with Crippen molar-refractivity contribution in [1.29, 1.82) is 0 Å². The number of benzene rings is 1. The minimum atomic E-state index is 0.718. The maximum absolute atomic E-state index is 6.20. The number of nitrogens with zero attached hydrogens (tertiary/aromatic N) is 2. The fraction of sp³-hybridized carbons (Fsp3) is 0.667. The van der Waals surface area contributed by atoms with Gasteiger partial charge in [-0.1, -0.05) is 19.3 Å². The van der Waals surface area contributed by atoms with Crippen LogP contribution >= 0.6 is 0 Å². The normalized spacial score (nSPS) is 19.4. The van der Waals surface area contributed by atoms with Gasteiger partial charge in [0.05, 0.1) is 19.2 Å². The molecule has 2 heterocycles. The number of nitrogens with one attached hydrogen (secondary N) is 1. The zero-order valence-electron chi connectivity index (χ0n) is 19.8. The van der Waals surface area contributed by atoms with Crippen LogP contribution in [0.1, 0.15) is 69.0 Å². The Hall–Kier alpha value is -2.01. The summed E-state index contributed by atoms with van der Waals surface area (Å²) < 4.78 is 12.0. The van der Waals surface area contributed by atoms with Crippen molar-refractivity contribution in [3.63, 3.8) is 0 Å². The van der Waals surface area contributed by atoms with Crippen LogP contribution in [0.3, 0.4) is 0 Å². The van der Waals surface area contributed by atoms with E-state index in [1.807, 2.05) is 0 Å². The minimum Gasteiger partial charge on any atom is -0.493 e. The number of rotatable bonds is 9. The smallest absolute Gasteiger partial charge is 0.163 e. The van der Waals surface area contributed by atoms with Crippen LogP contribution in [0, 0.1) is 5.92 Å². The summed E-state index contributed by atoms with van der Waals surface area (Å²) >= 11 is 0. The molecule has 3 aliphatic rings. The molecule has 2 fully saturated rings. The van der Waals surface area contributed by atoms with Crippen LogP contribution in [0.25, 0.3) is 10.9 Å². The summed E-state index contributed by atoms with van der Waals surface area (Å²) in [5.41, 5.74) is 5.03. The quantitative estimate of drug-likeness (QED) is 0.518. The molecule has 174 valence electrons. The highest BCUT2D eigenvalue weighted by molar-refractivity contribution is 5.96. The second-order valence-electron chi connectivity index (χ2n) is 9.92. The highest BCUT2D eigenvalue weighted by Crippen LogP contribution is 2.40. The van der Waals surface area contributed by atoms with Crippen LogP contribution < -0.4 is 14.8 Å². The number of anilines is 1. The van der Waals surface area contributed by atoms with Gasteiger partial charge in [-0.3, -0.25) is 4.98 Å². The van der Waals surface area contributed by atoms with Gasteiger partial charge < -0.3 is 19.7 Å².